The standard InChI is InChI=1S/C9H13N3O6SSi/c10-11-12-19(13,14)9-4-2-8(3-5-9)18-6-1-7-20(15,16)17/h2-5,15-17H,1,6-7H2. The summed E-state index contributed by atoms with van der Waals surface area (Å²) < 4.78 is 30.7. The van der Waals surface area contributed by atoms with Crippen LogP contribution in [-0.4, -0.2) is 38.2 Å². The smallest absolute Gasteiger partial charge is 0.492 e. The van der Waals surface area contributed by atoms with Crippen LogP contribution < -0.4 is 4.74 Å². The van der Waals surface area contributed by atoms with Crippen LogP contribution in [0.25, 0.3) is 10.4 Å². The predicted molar refractivity (Wildman–Crippen MR) is 70.1 cm³/mol. The molecule has 0 saturated carbocycles. The minimum atomic E-state index is -4.04. The van der Waals surface area contributed by atoms with Crippen molar-refractivity contribution in [1.82, 2.24) is 0 Å². The van der Waals surface area contributed by atoms with Gasteiger partial charge >= 0.3 is 8.80 Å². The molecule has 0 spiro atoms. The van der Waals surface area contributed by atoms with Gasteiger partial charge in [-0.2, -0.15) is 0 Å². The van der Waals surface area contributed by atoms with Crippen molar-refractivity contribution in [3.05, 3.63) is 34.7 Å². The Balaban J connectivity index is 2.58. The van der Waals surface area contributed by atoms with E-state index in [1.165, 1.54) is 24.3 Å². The Bertz CT molecular complexity index is 591. The van der Waals surface area contributed by atoms with Crippen LogP contribution in [0, 0.1) is 0 Å². The molecule has 0 radical (unpaired) electrons. The number of rotatable bonds is 7. The molecule has 0 heterocycles. The van der Waals surface area contributed by atoms with Gasteiger partial charge in [-0.25, -0.2) is 8.42 Å². The van der Waals surface area contributed by atoms with Crippen molar-refractivity contribution in [2.75, 3.05) is 6.61 Å². The summed E-state index contributed by atoms with van der Waals surface area (Å²) in [5.41, 5.74) is 8.12. The molecule has 0 bridgehead atoms. The van der Waals surface area contributed by atoms with Gasteiger partial charge in [0, 0.05) is 15.5 Å². The van der Waals surface area contributed by atoms with Crippen molar-refractivity contribution < 1.29 is 27.5 Å². The molecule has 20 heavy (non-hydrogen) atoms. The number of sulfonamides is 1. The average molecular weight is 319 g/mol. The Labute approximate surface area is 116 Å². The summed E-state index contributed by atoms with van der Waals surface area (Å²) in [5.74, 6) is 0.367. The Morgan fingerprint density at radius 1 is 1.25 bits per heavy atom. The fraction of sp³-hybridized carbons (Fsp3) is 0.333. The second-order valence-corrected chi connectivity index (χ2v) is 7.48. The maximum absolute atomic E-state index is 11.4. The van der Waals surface area contributed by atoms with Crippen molar-refractivity contribution in [2.24, 2.45) is 4.52 Å². The monoisotopic (exact) mass is 319 g/mol. The molecule has 0 aliphatic heterocycles. The van der Waals surface area contributed by atoms with E-state index < -0.39 is 18.8 Å². The molecule has 1 aromatic carbocycles. The SMILES string of the molecule is [N-]=[N+]=NS(=O)(=O)c1ccc(OCCC[Si](O)(O)O)cc1. The molecule has 1 aromatic rings. The normalized spacial score (nSPS) is 11.8. The maximum atomic E-state index is 11.4. The zero-order valence-electron chi connectivity index (χ0n) is 10.2. The van der Waals surface area contributed by atoms with E-state index in [4.69, 9.17) is 24.7 Å². The number of ether oxygens (including phenoxy) is 1. The van der Waals surface area contributed by atoms with Crippen LogP contribution in [0.5, 0.6) is 5.75 Å². The molecule has 0 aromatic heterocycles. The van der Waals surface area contributed by atoms with E-state index in [1.807, 2.05) is 0 Å². The summed E-state index contributed by atoms with van der Waals surface area (Å²) in [7, 11) is -8.06. The molecular weight excluding hydrogens is 306 g/mol. The fourth-order valence-corrected chi connectivity index (χ4v) is 2.59. The van der Waals surface area contributed by atoms with Crippen LogP contribution >= 0.6 is 0 Å². The molecule has 0 aliphatic carbocycles. The van der Waals surface area contributed by atoms with Crippen molar-refractivity contribution in [3.63, 3.8) is 0 Å². The van der Waals surface area contributed by atoms with Gasteiger partial charge in [0.25, 0.3) is 10.0 Å². The van der Waals surface area contributed by atoms with E-state index in [9.17, 15) is 8.42 Å². The molecule has 0 atom stereocenters. The van der Waals surface area contributed by atoms with Crippen LogP contribution in [0.2, 0.25) is 6.04 Å². The van der Waals surface area contributed by atoms with Gasteiger partial charge in [-0.3, -0.25) is 0 Å². The number of hydrogen-bond donors (Lipinski definition) is 3. The van der Waals surface area contributed by atoms with Crippen molar-refractivity contribution in [2.45, 2.75) is 17.4 Å². The van der Waals surface area contributed by atoms with Gasteiger partial charge in [0.05, 0.1) is 11.5 Å². The van der Waals surface area contributed by atoms with Gasteiger partial charge in [0.1, 0.15) is 5.75 Å². The van der Waals surface area contributed by atoms with E-state index in [-0.39, 0.29) is 24.0 Å². The third kappa shape index (κ3) is 5.57. The lowest BCUT2D eigenvalue weighted by atomic mass is 10.3. The Morgan fingerprint density at radius 2 is 1.85 bits per heavy atom. The molecule has 110 valence electrons. The van der Waals surface area contributed by atoms with Gasteiger partial charge in [-0.05, 0) is 36.2 Å². The highest BCUT2D eigenvalue weighted by molar-refractivity contribution is 7.90. The fourth-order valence-electron chi connectivity index (χ4n) is 1.30. The van der Waals surface area contributed by atoms with Crippen LogP contribution in [0.15, 0.2) is 33.7 Å². The van der Waals surface area contributed by atoms with E-state index in [0.717, 1.165) is 0 Å². The highest BCUT2D eigenvalue weighted by Gasteiger charge is 2.25. The number of benzene rings is 1. The Hall–Kier alpha value is -1.62. The summed E-state index contributed by atoms with van der Waals surface area (Å²) in [6, 6.07) is 5.06. The molecular formula is C9H13N3O6SSi. The zero-order valence-corrected chi connectivity index (χ0v) is 12.1. The first-order chi connectivity index (χ1) is 9.24. The van der Waals surface area contributed by atoms with E-state index in [2.05, 4.69) is 9.43 Å². The third-order valence-electron chi connectivity index (χ3n) is 2.19. The molecule has 0 amide bonds. The van der Waals surface area contributed by atoms with Crippen LogP contribution in [-0.2, 0) is 10.0 Å². The van der Waals surface area contributed by atoms with Gasteiger partial charge < -0.3 is 19.1 Å². The Morgan fingerprint density at radius 3 is 2.35 bits per heavy atom. The topological polar surface area (TPSA) is 153 Å². The van der Waals surface area contributed by atoms with E-state index in [0.29, 0.717) is 5.75 Å². The summed E-state index contributed by atoms with van der Waals surface area (Å²) in [5, 5.41) is 0. The minimum absolute atomic E-state index is 0.138. The number of hydrogen-bond acceptors (Lipinski definition) is 6. The first kappa shape index (κ1) is 16.4. The third-order valence-corrected chi connectivity index (χ3v) is 4.37. The first-order valence-electron chi connectivity index (χ1n) is 5.46. The highest BCUT2D eigenvalue weighted by Crippen LogP contribution is 2.18. The molecule has 0 fully saturated rings. The van der Waals surface area contributed by atoms with Gasteiger partial charge in [-0.15, -0.1) is 0 Å². The van der Waals surface area contributed by atoms with Crippen LogP contribution in [0.3, 0.4) is 0 Å². The summed E-state index contributed by atoms with van der Waals surface area (Å²) in [6.07, 6.45) is 0.245. The van der Waals surface area contributed by atoms with Gasteiger partial charge in [0.2, 0.25) is 0 Å². The quantitative estimate of drug-likeness (QED) is 0.217. The van der Waals surface area contributed by atoms with Crippen LogP contribution in [0.4, 0.5) is 0 Å². The van der Waals surface area contributed by atoms with Crippen molar-refractivity contribution in [1.29, 1.82) is 0 Å². The molecule has 0 aliphatic rings. The Kier molecular flexibility index (Phi) is 5.50. The van der Waals surface area contributed by atoms with Gasteiger partial charge in [0.15, 0.2) is 0 Å². The largest absolute Gasteiger partial charge is 0.494 e. The molecule has 0 unspecified atom stereocenters. The molecule has 3 N–H and O–H groups in total. The molecule has 0 saturated heterocycles. The molecule has 1 rings (SSSR count). The summed E-state index contributed by atoms with van der Waals surface area (Å²) >= 11 is 0. The van der Waals surface area contributed by atoms with E-state index >= 15 is 0 Å². The van der Waals surface area contributed by atoms with Crippen LogP contribution in [0.1, 0.15) is 6.42 Å². The molecule has 11 heteroatoms. The lowest BCUT2D eigenvalue weighted by Gasteiger charge is -2.10. The highest BCUT2D eigenvalue weighted by atomic mass is 32.2. The van der Waals surface area contributed by atoms with E-state index in [1.54, 1.807) is 0 Å². The predicted octanol–water partition coefficient (Wildman–Crippen LogP) is 0.370. The first-order valence-corrected chi connectivity index (χ1v) is 8.95. The summed E-state index contributed by atoms with van der Waals surface area (Å²) in [4.78, 5) is 28.4. The second-order valence-electron chi connectivity index (χ2n) is 3.84. The summed E-state index contributed by atoms with van der Waals surface area (Å²) in [6.45, 7) is 0.138. The lowest BCUT2D eigenvalue weighted by molar-refractivity contribution is 0.219. The van der Waals surface area contributed by atoms with Gasteiger partial charge in [-0.1, -0.05) is 0 Å². The maximum Gasteiger partial charge on any atom is 0.492 e. The number of azide groups is 1. The van der Waals surface area contributed by atoms with Crippen molar-refractivity contribution >= 4 is 18.8 Å². The second kappa shape index (κ2) is 6.70. The zero-order chi connectivity index (χ0) is 15.2. The number of nitrogens with zero attached hydrogens (tertiary/aromatic N) is 3. The lowest BCUT2D eigenvalue weighted by Crippen LogP contribution is -2.34. The minimum Gasteiger partial charge on any atom is -0.494 e. The van der Waals surface area contributed by atoms with Crippen molar-refractivity contribution in [3.8, 4) is 5.75 Å². The average Bonchev–Trinajstić information content (AvgIpc) is 2.34. The molecule has 9 nitrogen and oxygen atoms in total.